The monoisotopic (exact) mass is 537 g/mol. The van der Waals surface area contributed by atoms with E-state index in [0.29, 0.717) is 27.6 Å². The Labute approximate surface area is 221 Å². The first-order chi connectivity index (χ1) is 17.7. The molecule has 1 heterocycles. The van der Waals surface area contributed by atoms with Crippen molar-refractivity contribution in [2.45, 2.75) is 13.5 Å². The van der Waals surface area contributed by atoms with Gasteiger partial charge in [-0.3, -0.25) is 29.4 Å². The molecule has 0 bridgehead atoms. The lowest BCUT2D eigenvalue weighted by atomic mass is 10.2. The number of nitrogens with zero attached hydrogens (tertiary/aromatic N) is 2. The van der Waals surface area contributed by atoms with Crippen LogP contribution in [0.15, 0.2) is 71.6 Å². The van der Waals surface area contributed by atoms with E-state index in [1.54, 1.807) is 42.5 Å². The Kier molecular flexibility index (Phi) is 7.90. The van der Waals surface area contributed by atoms with Gasteiger partial charge in [0.15, 0.2) is 6.61 Å². The number of amides is 3. The number of nitrogens with one attached hydrogen (secondary N) is 1. The van der Waals surface area contributed by atoms with Gasteiger partial charge in [0, 0.05) is 22.8 Å². The molecule has 1 saturated heterocycles. The maximum atomic E-state index is 12.8. The van der Waals surface area contributed by atoms with Crippen LogP contribution in [0.25, 0.3) is 6.08 Å². The number of hydrogen-bond acceptors (Lipinski definition) is 7. The fourth-order valence-electron chi connectivity index (χ4n) is 3.37. The van der Waals surface area contributed by atoms with Crippen LogP contribution >= 0.6 is 23.4 Å². The summed E-state index contributed by atoms with van der Waals surface area (Å²) in [6.45, 7) is 1.68. The summed E-state index contributed by atoms with van der Waals surface area (Å²) in [5, 5.41) is 13.6. The highest BCUT2D eigenvalue weighted by molar-refractivity contribution is 8.18. The lowest BCUT2D eigenvalue weighted by Crippen LogP contribution is -2.27. The third-order valence-electron chi connectivity index (χ3n) is 5.36. The van der Waals surface area contributed by atoms with Crippen LogP contribution in [0.5, 0.6) is 5.75 Å². The molecule has 0 aromatic heterocycles. The second-order valence-electron chi connectivity index (χ2n) is 8.06. The van der Waals surface area contributed by atoms with E-state index in [-0.39, 0.29) is 29.7 Å². The molecule has 1 aliphatic rings. The van der Waals surface area contributed by atoms with Crippen molar-refractivity contribution >= 4 is 57.9 Å². The summed E-state index contributed by atoms with van der Waals surface area (Å²) in [5.41, 5.74) is 2.69. The molecule has 0 radical (unpaired) electrons. The highest BCUT2D eigenvalue weighted by Crippen LogP contribution is 2.33. The molecular weight excluding hydrogens is 518 g/mol. The van der Waals surface area contributed by atoms with Crippen LogP contribution in [0, 0.1) is 17.0 Å². The SMILES string of the molecule is Cc1ccc(NC(=O)COc2ccc(/C=C3\SC(=O)N(Cc4ccc([N+](=O)[O-])cc4)C3=O)cc2)cc1Cl. The highest BCUT2D eigenvalue weighted by atomic mass is 35.5. The number of carbonyl (C=O) groups is 3. The van der Waals surface area contributed by atoms with E-state index < -0.39 is 16.1 Å². The molecule has 0 atom stereocenters. The standard InChI is InChI=1S/C26H20ClN3O6S/c1-16-2-7-19(13-22(16)27)28-24(31)15-36-21-10-5-17(6-11-21)12-23-25(32)29(26(33)37-23)14-18-3-8-20(9-4-18)30(34)35/h2-13H,14-15H2,1H3,(H,28,31)/b23-12-. The van der Waals surface area contributed by atoms with Crippen molar-refractivity contribution in [2.24, 2.45) is 0 Å². The number of thioether (sulfide) groups is 1. The zero-order valence-corrected chi connectivity index (χ0v) is 21.0. The molecule has 0 unspecified atom stereocenters. The van der Waals surface area contributed by atoms with Crippen LogP contribution in [0.1, 0.15) is 16.7 Å². The normalized spacial score (nSPS) is 14.2. The Bertz CT molecular complexity index is 1410. The Balaban J connectivity index is 1.33. The van der Waals surface area contributed by atoms with Gasteiger partial charge in [0.2, 0.25) is 0 Å². The van der Waals surface area contributed by atoms with Crippen LogP contribution in [-0.4, -0.2) is 33.5 Å². The number of nitro groups is 1. The predicted molar refractivity (Wildman–Crippen MR) is 141 cm³/mol. The zero-order chi connectivity index (χ0) is 26.5. The average molecular weight is 538 g/mol. The number of benzene rings is 3. The third-order valence-corrected chi connectivity index (χ3v) is 6.68. The van der Waals surface area contributed by atoms with Crippen LogP contribution in [0.2, 0.25) is 5.02 Å². The van der Waals surface area contributed by atoms with Crippen LogP contribution < -0.4 is 10.1 Å². The second-order valence-corrected chi connectivity index (χ2v) is 9.46. The molecule has 1 fully saturated rings. The minimum atomic E-state index is -0.514. The summed E-state index contributed by atoms with van der Waals surface area (Å²) in [7, 11) is 0. The largest absolute Gasteiger partial charge is 0.484 e. The van der Waals surface area contributed by atoms with Gasteiger partial charge >= 0.3 is 0 Å². The van der Waals surface area contributed by atoms with Gasteiger partial charge in [-0.15, -0.1) is 0 Å². The van der Waals surface area contributed by atoms with Crippen LogP contribution in [0.3, 0.4) is 0 Å². The van der Waals surface area contributed by atoms with E-state index in [4.69, 9.17) is 16.3 Å². The van der Waals surface area contributed by atoms with Crippen molar-refractivity contribution in [1.82, 2.24) is 4.90 Å². The molecular formula is C26H20ClN3O6S. The summed E-state index contributed by atoms with van der Waals surface area (Å²) in [5.74, 6) is -0.326. The quantitative estimate of drug-likeness (QED) is 0.219. The van der Waals surface area contributed by atoms with E-state index in [0.717, 1.165) is 22.2 Å². The lowest BCUT2D eigenvalue weighted by molar-refractivity contribution is -0.384. The van der Waals surface area contributed by atoms with Gasteiger partial charge in [-0.25, -0.2) is 0 Å². The molecule has 3 amide bonds. The summed E-state index contributed by atoms with van der Waals surface area (Å²) in [6, 6.07) is 17.6. The van der Waals surface area contributed by atoms with Crippen LogP contribution in [0.4, 0.5) is 16.2 Å². The van der Waals surface area contributed by atoms with Crippen molar-refractivity contribution < 1.29 is 24.0 Å². The number of nitro benzene ring substituents is 1. The Morgan fingerprint density at radius 1 is 1.11 bits per heavy atom. The fourth-order valence-corrected chi connectivity index (χ4v) is 4.39. The Morgan fingerprint density at radius 3 is 2.46 bits per heavy atom. The van der Waals surface area contributed by atoms with Gasteiger partial charge in [0.25, 0.3) is 22.7 Å². The number of halogens is 1. The maximum absolute atomic E-state index is 12.8. The number of anilines is 1. The number of imide groups is 1. The van der Waals surface area contributed by atoms with Crippen molar-refractivity contribution in [3.63, 3.8) is 0 Å². The third kappa shape index (κ3) is 6.54. The molecule has 0 saturated carbocycles. The number of ether oxygens (including phenoxy) is 1. The van der Waals surface area contributed by atoms with Gasteiger partial charge in [-0.1, -0.05) is 41.9 Å². The molecule has 1 N–H and O–H groups in total. The molecule has 188 valence electrons. The minimum Gasteiger partial charge on any atom is -0.484 e. The smallest absolute Gasteiger partial charge is 0.293 e. The number of rotatable bonds is 8. The Hall–Kier alpha value is -4.15. The number of aryl methyl sites for hydroxylation is 1. The highest BCUT2D eigenvalue weighted by Gasteiger charge is 2.35. The van der Waals surface area contributed by atoms with Crippen molar-refractivity contribution in [3.05, 3.63) is 103 Å². The molecule has 11 heteroatoms. The molecule has 1 aliphatic heterocycles. The Morgan fingerprint density at radius 2 is 1.81 bits per heavy atom. The summed E-state index contributed by atoms with van der Waals surface area (Å²) in [4.78, 5) is 48.9. The lowest BCUT2D eigenvalue weighted by Gasteiger charge is -2.12. The minimum absolute atomic E-state index is 0.0175. The molecule has 4 rings (SSSR count). The first-order valence-electron chi connectivity index (χ1n) is 11.0. The molecule has 3 aromatic rings. The maximum Gasteiger partial charge on any atom is 0.293 e. The van der Waals surface area contributed by atoms with Gasteiger partial charge in [0.1, 0.15) is 5.75 Å². The van der Waals surface area contributed by atoms with E-state index in [1.807, 2.05) is 13.0 Å². The van der Waals surface area contributed by atoms with Gasteiger partial charge in [0.05, 0.1) is 16.4 Å². The number of hydrogen-bond donors (Lipinski definition) is 1. The molecule has 0 spiro atoms. The number of non-ortho nitro benzene ring substituents is 1. The zero-order valence-electron chi connectivity index (χ0n) is 19.5. The van der Waals surface area contributed by atoms with Crippen molar-refractivity contribution in [2.75, 3.05) is 11.9 Å². The molecule has 9 nitrogen and oxygen atoms in total. The topological polar surface area (TPSA) is 119 Å². The second kappa shape index (κ2) is 11.3. The molecule has 0 aliphatic carbocycles. The van der Waals surface area contributed by atoms with Gasteiger partial charge in [-0.2, -0.15) is 0 Å². The summed E-state index contributed by atoms with van der Waals surface area (Å²) < 4.78 is 5.52. The van der Waals surface area contributed by atoms with Gasteiger partial charge in [-0.05, 0) is 65.7 Å². The number of carbonyl (C=O) groups excluding carboxylic acids is 3. The van der Waals surface area contributed by atoms with E-state index in [2.05, 4.69) is 5.32 Å². The van der Waals surface area contributed by atoms with Crippen molar-refractivity contribution in [3.8, 4) is 5.75 Å². The summed E-state index contributed by atoms with van der Waals surface area (Å²) in [6.07, 6.45) is 1.60. The fraction of sp³-hybridized carbons (Fsp3) is 0.115. The van der Waals surface area contributed by atoms with E-state index in [9.17, 15) is 24.5 Å². The molecule has 37 heavy (non-hydrogen) atoms. The van der Waals surface area contributed by atoms with Gasteiger partial charge < -0.3 is 10.1 Å². The first kappa shape index (κ1) is 25.9. The van der Waals surface area contributed by atoms with E-state index >= 15 is 0 Å². The van der Waals surface area contributed by atoms with Crippen LogP contribution in [-0.2, 0) is 16.1 Å². The average Bonchev–Trinajstić information content (AvgIpc) is 3.13. The first-order valence-corrected chi connectivity index (χ1v) is 12.2. The predicted octanol–water partition coefficient (Wildman–Crippen LogP) is 5.81. The van der Waals surface area contributed by atoms with Crippen molar-refractivity contribution in [1.29, 1.82) is 0 Å². The van der Waals surface area contributed by atoms with E-state index in [1.165, 1.54) is 24.3 Å². The summed E-state index contributed by atoms with van der Waals surface area (Å²) >= 11 is 6.89. The molecule has 3 aromatic carbocycles.